The molecule has 0 fully saturated rings. The lowest BCUT2D eigenvalue weighted by Crippen LogP contribution is -2.22. The molecule has 0 amide bonds. The van der Waals surface area contributed by atoms with Gasteiger partial charge in [-0.2, -0.15) is 0 Å². The van der Waals surface area contributed by atoms with Crippen molar-refractivity contribution in [1.82, 2.24) is 4.81 Å². The van der Waals surface area contributed by atoms with Gasteiger partial charge < -0.3 is 17.9 Å². The van der Waals surface area contributed by atoms with Crippen LogP contribution in [0.2, 0.25) is 0 Å². The summed E-state index contributed by atoms with van der Waals surface area (Å²) in [6, 6.07) is 0. The summed E-state index contributed by atoms with van der Waals surface area (Å²) in [6.07, 6.45) is 0. The van der Waals surface area contributed by atoms with Crippen LogP contribution in [-0.2, 0) is 4.79 Å². The second-order valence-electron chi connectivity index (χ2n) is 1.31. The molecule has 3 nitrogen and oxygen atoms in total. The number of carboxylic acid groups (broad SMARTS) is 1. The second kappa shape index (κ2) is 2.63. The van der Waals surface area contributed by atoms with Crippen LogP contribution in [0.15, 0.2) is 0 Å². The minimum Gasteiger partial charge on any atom is -0.574 e. The van der Waals surface area contributed by atoms with Crippen molar-refractivity contribution in [3.8, 4) is 0 Å². The van der Waals surface area contributed by atoms with Crippen LogP contribution in [0.1, 0.15) is 0 Å². The summed E-state index contributed by atoms with van der Waals surface area (Å²) in [5.74, 6) is -0.912. The fraction of sp³-hybridized carbons (Fsp3) is 0.667. The van der Waals surface area contributed by atoms with Crippen LogP contribution in [0.3, 0.4) is 0 Å². The zero-order valence-electron chi connectivity index (χ0n) is 4.09. The lowest BCUT2D eigenvalue weighted by molar-refractivity contribution is -0.136. The first-order valence-corrected chi connectivity index (χ1v) is 1.80. The summed E-state index contributed by atoms with van der Waals surface area (Å²) in [7, 11) is 6.44. The van der Waals surface area contributed by atoms with Crippen LogP contribution in [0.5, 0.6) is 0 Å². The highest BCUT2D eigenvalue weighted by atomic mass is 16.4. The maximum Gasteiger partial charge on any atom is 0.313 e. The van der Waals surface area contributed by atoms with E-state index in [2.05, 4.69) is 0 Å². The van der Waals surface area contributed by atoms with Gasteiger partial charge in [-0.05, 0) is 0 Å². The van der Waals surface area contributed by atoms with E-state index in [1.54, 1.807) is 0 Å². The maximum atomic E-state index is 9.69. The highest BCUT2D eigenvalue weighted by Gasteiger charge is 1.86. The maximum absolute atomic E-state index is 9.69. The molecular weight excluding hydrogens is 92.8 g/mol. The molecule has 0 aromatic heterocycles. The van der Waals surface area contributed by atoms with E-state index in [4.69, 9.17) is 13.1 Å². The Bertz CT molecular complexity index is 73.3. The molecule has 0 aromatic carbocycles. The molecule has 0 aliphatic heterocycles. The quantitative estimate of drug-likeness (QED) is 0.455. The fourth-order valence-electron chi connectivity index (χ4n) is 0.213. The predicted octanol–water partition coefficient (Wildman–Crippen LogP) is -0.914. The van der Waals surface area contributed by atoms with E-state index in [1.165, 1.54) is 7.05 Å². The SMILES string of the molecule is [B-]N(C)CC(=O)O. The first kappa shape index (κ1) is 6.49. The van der Waals surface area contributed by atoms with Crippen molar-refractivity contribution in [1.29, 1.82) is 0 Å². The van der Waals surface area contributed by atoms with E-state index in [9.17, 15) is 4.79 Å². The molecule has 1 N–H and O–H groups in total. The Balaban J connectivity index is 3.13. The Hall–Kier alpha value is -0.505. The summed E-state index contributed by atoms with van der Waals surface area (Å²) < 4.78 is 0. The second-order valence-corrected chi connectivity index (χ2v) is 1.31. The van der Waals surface area contributed by atoms with E-state index >= 15 is 0 Å². The molecule has 0 aliphatic carbocycles. The van der Waals surface area contributed by atoms with Crippen LogP contribution in [0.25, 0.3) is 0 Å². The number of hydrogen-bond acceptors (Lipinski definition) is 2. The van der Waals surface area contributed by atoms with Gasteiger partial charge in [0.25, 0.3) is 0 Å². The standard InChI is InChI=1S/C3H6BNO2/c1-5(4)2-3(6)7/h2H2,1H3,(H,6,7)/q-1. The van der Waals surface area contributed by atoms with Gasteiger partial charge in [-0.25, -0.2) is 0 Å². The zero-order chi connectivity index (χ0) is 5.86. The van der Waals surface area contributed by atoms with Gasteiger partial charge in [0, 0.05) is 0 Å². The van der Waals surface area contributed by atoms with Crippen molar-refractivity contribution in [2.75, 3.05) is 13.6 Å². The van der Waals surface area contributed by atoms with Crippen molar-refractivity contribution < 1.29 is 9.90 Å². The third-order valence-electron chi connectivity index (χ3n) is 0.385. The Kier molecular flexibility index (Phi) is 2.44. The average Bonchev–Trinajstić information content (AvgIpc) is 1.27. The number of carboxylic acids is 1. The molecule has 0 unspecified atom stereocenters. The first-order valence-electron chi connectivity index (χ1n) is 1.80. The number of carbonyl (C=O) groups is 1. The van der Waals surface area contributed by atoms with Gasteiger partial charge in [0.1, 0.15) is 0 Å². The number of nitrogens with zero attached hydrogens (tertiary/aromatic N) is 1. The number of aliphatic carboxylic acids is 1. The highest BCUT2D eigenvalue weighted by Crippen LogP contribution is 1.68. The molecule has 0 saturated carbocycles. The van der Waals surface area contributed by atoms with Crippen molar-refractivity contribution in [2.45, 2.75) is 0 Å². The summed E-state index contributed by atoms with van der Waals surface area (Å²) in [5, 5.41) is 7.96. The molecule has 0 rings (SSSR count). The molecule has 0 aromatic rings. The Labute approximate surface area is 43.4 Å². The molecular formula is C3H6BNO2-. The van der Waals surface area contributed by atoms with Gasteiger partial charge >= 0.3 is 5.97 Å². The van der Waals surface area contributed by atoms with Crippen LogP contribution >= 0.6 is 0 Å². The van der Waals surface area contributed by atoms with Crippen LogP contribution < -0.4 is 0 Å². The summed E-state index contributed by atoms with van der Waals surface area (Å²) in [4.78, 5) is 10.8. The van der Waals surface area contributed by atoms with Crippen LogP contribution in [-0.4, -0.2) is 37.5 Å². The molecule has 4 heteroatoms. The van der Waals surface area contributed by atoms with Gasteiger partial charge in [-0.1, -0.05) is 7.05 Å². The van der Waals surface area contributed by atoms with Gasteiger partial charge in [0.05, 0.1) is 6.54 Å². The molecule has 39 valence electrons. The Morgan fingerprint density at radius 1 is 2.00 bits per heavy atom. The molecule has 0 heterocycles. The van der Waals surface area contributed by atoms with Gasteiger partial charge in [0.15, 0.2) is 0 Å². The van der Waals surface area contributed by atoms with Crippen molar-refractivity contribution in [3.63, 3.8) is 0 Å². The number of rotatable bonds is 2. The fourth-order valence-corrected chi connectivity index (χ4v) is 0.213. The average molecular weight is 98.9 g/mol. The lowest BCUT2D eigenvalue weighted by atomic mass is 10.3. The molecule has 0 aliphatic rings. The number of hydrogen-bond donors (Lipinski definition) is 1. The minimum atomic E-state index is -0.912. The van der Waals surface area contributed by atoms with Crippen molar-refractivity contribution in [3.05, 3.63) is 0 Å². The normalized spacial score (nSPS) is 9.57. The first-order chi connectivity index (χ1) is 3.13. The van der Waals surface area contributed by atoms with E-state index in [0.717, 1.165) is 4.81 Å². The Morgan fingerprint density at radius 2 is 2.43 bits per heavy atom. The summed E-state index contributed by atoms with van der Waals surface area (Å²) >= 11 is 0. The molecule has 0 spiro atoms. The highest BCUT2D eigenvalue weighted by molar-refractivity contribution is 6.05. The topological polar surface area (TPSA) is 40.5 Å². The van der Waals surface area contributed by atoms with E-state index < -0.39 is 5.97 Å². The number of likely N-dealkylation sites (N-methyl/N-ethyl adjacent to an activating group) is 1. The zero-order valence-corrected chi connectivity index (χ0v) is 4.09. The smallest absolute Gasteiger partial charge is 0.313 e. The lowest BCUT2D eigenvalue weighted by Gasteiger charge is -2.22. The van der Waals surface area contributed by atoms with Gasteiger partial charge in [-0.3, -0.25) is 4.79 Å². The third kappa shape index (κ3) is 5.49. The van der Waals surface area contributed by atoms with Crippen LogP contribution in [0.4, 0.5) is 0 Å². The predicted molar refractivity (Wildman–Crippen MR) is 26.0 cm³/mol. The van der Waals surface area contributed by atoms with Crippen molar-refractivity contribution in [2.24, 2.45) is 0 Å². The largest absolute Gasteiger partial charge is 0.574 e. The molecule has 0 saturated heterocycles. The summed E-state index contributed by atoms with van der Waals surface area (Å²) in [5.41, 5.74) is 0. The molecule has 7 heavy (non-hydrogen) atoms. The van der Waals surface area contributed by atoms with Crippen molar-refractivity contribution >= 4 is 14.0 Å². The molecule has 0 bridgehead atoms. The van der Waals surface area contributed by atoms with Crippen LogP contribution in [0, 0.1) is 0 Å². The monoisotopic (exact) mass is 99.0 g/mol. The van der Waals surface area contributed by atoms with E-state index in [-0.39, 0.29) is 6.54 Å². The molecule has 0 atom stereocenters. The minimum absolute atomic E-state index is 0.111. The van der Waals surface area contributed by atoms with Gasteiger partial charge in [-0.15, -0.1) is 0 Å². The molecule has 3 radical (unpaired) electrons. The summed E-state index contributed by atoms with van der Waals surface area (Å²) in [6.45, 7) is -0.111. The van der Waals surface area contributed by atoms with E-state index in [1.807, 2.05) is 0 Å². The van der Waals surface area contributed by atoms with E-state index in [0.29, 0.717) is 0 Å². The third-order valence-corrected chi connectivity index (χ3v) is 0.385. The van der Waals surface area contributed by atoms with Gasteiger partial charge in [0.2, 0.25) is 0 Å². The Morgan fingerprint density at radius 3 is 2.43 bits per heavy atom.